The summed E-state index contributed by atoms with van der Waals surface area (Å²) in [5.41, 5.74) is -1.59. The number of ether oxygens (including phenoxy) is 1. The fraction of sp³-hybridized carbons (Fsp3) is 0.667. The molecule has 0 bridgehead atoms. The molecule has 0 rings (SSSR count). The van der Waals surface area contributed by atoms with E-state index in [9.17, 15) is 9.59 Å². The minimum Gasteiger partial charge on any atom is -0.478 e. The van der Waals surface area contributed by atoms with Gasteiger partial charge in [0.15, 0.2) is 0 Å². The molecule has 0 unspecified atom stereocenters. The van der Waals surface area contributed by atoms with Gasteiger partial charge in [-0.1, -0.05) is 32.4 Å². The standard InChI is InChI=1S/C12H19ClO4/c1-11(2,3)7(9(14)15)8(13)10(16)17-12(4,5)6/h1-6H3,(H,14,15). The highest BCUT2D eigenvalue weighted by atomic mass is 35.5. The maximum absolute atomic E-state index is 11.7. The van der Waals surface area contributed by atoms with Crippen molar-refractivity contribution in [3.63, 3.8) is 0 Å². The van der Waals surface area contributed by atoms with Gasteiger partial charge in [-0.3, -0.25) is 0 Å². The first kappa shape index (κ1) is 16.0. The van der Waals surface area contributed by atoms with E-state index < -0.39 is 23.0 Å². The Labute approximate surface area is 107 Å². The predicted octanol–water partition coefficient (Wildman–Crippen LogP) is 2.95. The van der Waals surface area contributed by atoms with Crippen LogP contribution in [0, 0.1) is 5.41 Å². The number of halogens is 1. The Kier molecular flexibility index (Phi) is 4.78. The summed E-state index contributed by atoms with van der Waals surface area (Å²) in [6.07, 6.45) is 0. The molecule has 0 aromatic rings. The van der Waals surface area contributed by atoms with E-state index in [0.29, 0.717) is 0 Å². The van der Waals surface area contributed by atoms with E-state index in [-0.39, 0.29) is 10.6 Å². The van der Waals surface area contributed by atoms with Crippen LogP contribution in [0.15, 0.2) is 10.6 Å². The molecule has 0 amide bonds. The third kappa shape index (κ3) is 5.22. The Hall–Kier alpha value is -1.03. The molecule has 5 heteroatoms. The molecule has 0 aromatic carbocycles. The summed E-state index contributed by atoms with van der Waals surface area (Å²) in [6.45, 7) is 10.1. The van der Waals surface area contributed by atoms with Crippen LogP contribution in [-0.2, 0) is 14.3 Å². The summed E-state index contributed by atoms with van der Waals surface area (Å²) in [4.78, 5) is 22.8. The lowest BCUT2D eigenvalue weighted by Gasteiger charge is -2.23. The van der Waals surface area contributed by atoms with Crippen LogP contribution in [0.3, 0.4) is 0 Å². The van der Waals surface area contributed by atoms with Crippen molar-refractivity contribution < 1.29 is 19.4 Å². The summed E-state index contributed by atoms with van der Waals surface area (Å²) in [5, 5.41) is 8.70. The van der Waals surface area contributed by atoms with Gasteiger partial charge in [0.05, 0.1) is 5.57 Å². The van der Waals surface area contributed by atoms with Gasteiger partial charge in [-0.05, 0) is 26.2 Å². The van der Waals surface area contributed by atoms with Crippen LogP contribution in [0.25, 0.3) is 0 Å². The van der Waals surface area contributed by atoms with E-state index in [1.54, 1.807) is 41.5 Å². The molecule has 4 nitrogen and oxygen atoms in total. The smallest absolute Gasteiger partial charge is 0.350 e. The zero-order valence-electron chi connectivity index (χ0n) is 11.0. The number of carboxylic acid groups (broad SMARTS) is 1. The number of carbonyl (C=O) groups is 2. The molecular weight excluding hydrogens is 244 g/mol. The third-order valence-corrected chi connectivity index (χ3v) is 2.10. The predicted molar refractivity (Wildman–Crippen MR) is 65.8 cm³/mol. The second kappa shape index (κ2) is 5.08. The number of hydrogen-bond donors (Lipinski definition) is 1. The summed E-state index contributed by atoms with van der Waals surface area (Å²) < 4.78 is 5.03. The van der Waals surface area contributed by atoms with Crippen molar-refractivity contribution in [3.05, 3.63) is 10.6 Å². The molecule has 0 aliphatic heterocycles. The molecule has 98 valence electrons. The lowest BCUT2D eigenvalue weighted by Crippen LogP contribution is -2.27. The Bertz CT molecular complexity index is 356. The summed E-state index contributed by atoms with van der Waals surface area (Å²) in [7, 11) is 0. The van der Waals surface area contributed by atoms with Crippen LogP contribution in [0.5, 0.6) is 0 Å². The Morgan fingerprint density at radius 2 is 1.47 bits per heavy atom. The second-order valence-corrected chi connectivity index (χ2v) is 6.12. The Balaban J connectivity index is 5.39. The number of rotatable bonds is 2. The molecule has 17 heavy (non-hydrogen) atoms. The second-order valence-electron chi connectivity index (χ2n) is 5.75. The molecule has 0 saturated heterocycles. The highest BCUT2D eigenvalue weighted by Gasteiger charge is 2.31. The molecule has 0 spiro atoms. The van der Waals surface area contributed by atoms with Crippen molar-refractivity contribution in [2.24, 2.45) is 5.41 Å². The van der Waals surface area contributed by atoms with Crippen molar-refractivity contribution in [1.82, 2.24) is 0 Å². The lowest BCUT2D eigenvalue weighted by molar-refractivity contribution is -0.149. The van der Waals surface area contributed by atoms with Gasteiger partial charge >= 0.3 is 11.9 Å². The van der Waals surface area contributed by atoms with Crippen molar-refractivity contribution >= 4 is 23.5 Å². The van der Waals surface area contributed by atoms with Gasteiger partial charge in [0.25, 0.3) is 0 Å². The normalized spacial score (nSPS) is 14.1. The fourth-order valence-electron chi connectivity index (χ4n) is 1.17. The Morgan fingerprint density at radius 3 is 1.71 bits per heavy atom. The maximum atomic E-state index is 11.7. The minimum atomic E-state index is -1.21. The van der Waals surface area contributed by atoms with Gasteiger partial charge in [-0.25, -0.2) is 9.59 Å². The van der Waals surface area contributed by atoms with Crippen molar-refractivity contribution in [2.45, 2.75) is 47.1 Å². The van der Waals surface area contributed by atoms with Crippen molar-refractivity contribution in [3.8, 4) is 0 Å². The van der Waals surface area contributed by atoms with Gasteiger partial charge < -0.3 is 9.84 Å². The van der Waals surface area contributed by atoms with E-state index in [2.05, 4.69) is 0 Å². The molecule has 0 aliphatic rings. The van der Waals surface area contributed by atoms with Crippen molar-refractivity contribution in [2.75, 3.05) is 0 Å². The van der Waals surface area contributed by atoms with Gasteiger partial charge in [-0.2, -0.15) is 0 Å². The Morgan fingerprint density at radius 1 is 1.06 bits per heavy atom. The quantitative estimate of drug-likeness (QED) is 0.614. The van der Waals surface area contributed by atoms with Gasteiger partial charge in [0.1, 0.15) is 10.6 Å². The highest BCUT2D eigenvalue weighted by Crippen LogP contribution is 2.31. The van der Waals surface area contributed by atoms with Crippen molar-refractivity contribution in [1.29, 1.82) is 0 Å². The lowest BCUT2D eigenvalue weighted by atomic mass is 9.86. The molecule has 0 aromatic heterocycles. The van der Waals surface area contributed by atoms with Gasteiger partial charge in [-0.15, -0.1) is 0 Å². The monoisotopic (exact) mass is 262 g/mol. The topological polar surface area (TPSA) is 63.6 Å². The first-order chi connectivity index (χ1) is 7.36. The number of carboxylic acids is 1. The number of esters is 1. The summed E-state index contributed by atoms with van der Waals surface area (Å²) in [6, 6.07) is 0. The van der Waals surface area contributed by atoms with Crippen LogP contribution < -0.4 is 0 Å². The third-order valence-electron chi connectivity index (χ3n) is 1.76. The number of carbonyl (C=O) groups excluding carboxylic acids is 1. The van der Waals surface area contributed by atoms with Crippen LogP contribution in [0.1, 0.15) is 41.5 Å². The van der Waals surface area contributed by atoms with E-state index in [1.165, 1.54) is 0 Å². The van der Waals surface area contributed by atoms with Gasteiger partial charge in [0, 0.05) is 0 Å². The minimum absolute atomic E-state index is 0.145. The highest BCUT2D eigenvalue weighted by molar-refractivity contribution is 6.43. The van der Waals surface area contributed by atoms with E-state index in [0.717, 1.165) is 0 Å². The number of hydrogen-bond acceptors (Lipinski definition) is 3. The molecule has 1 N–H and O–H groups in total. The largest absolute Gasteiger partial charge is 0.478 e. The SMILES string of the molecule is CC(C)(C)OC(=O)C(Cl)=C(C(=O)O)C(C)(C)C. The average molecular weight is 263 g/mol. The maximum Gasteiger partial charge on any atom is 0.350 e. The van der Waals surface area contributed by atoms with E-state index in [4.69, 9.17) is 21.4 Å². The van der Waals surface area contributed by atoms with E-state index >= 15 is 0 Å². The molecule has 0 fully saturated rings. The van der Waals surface area contributed by atoms with Crippen LogP contribution in [0.4, 0.5) is 0 Å². The molecule has 0 aliphatic carbocycles. The van der Waals surface area contributed by atoms with Gasteiger partial charge in [0.2, 0.25) is 0 Å². The first-order valence-electron chi connectivity index (χ1n) is 5.23. The molecule has 0 heterocycles. The molecule has 0 atom stereocenters. The molecule has 0 saturated carbocycles. The van der Waals surface area contributed by atoms with Crippen LogP contribution in [0.2, 0.25) is 0 Å². The summed E-state index contributed by atoms with van der Waals surface area (Å²) >= 11 is 5.81. The molecule has 0 radical (unpaired) electrons. The van der Waals surface area contributed by atoms with Crippen LogP contribution in [-0.4, -0.2) is 22.6 Å². The first-order valence-corrected chi connectivity index (χ1v) is 5.61. The molecular formula is C12H19ClO4. The number of aliphatic carboxylic acids is 1. The fourth-order valence-corrected chi connectivity index (χ4v) is 1.57. The van der Waals surface area contributed by atoms with Crippen LogP contribution >= 0.6 is 11.6 Å². The summed E-state index contributed by atoms with van der Waals surface area (Å²) in [5.74, 6) is -2.03. The zero-order chi connectivity index (χ0) is 14.0. The zero-order valence-corrected chi connectivity index (χ0v) is 11.8. The average Bonchev–Trinajstić information content (AvgIpc) is 1.96. The van der Waals surface area contributed by atoms with E-state index in [1.807, 2.05) is 0 Å².